The van der Waals surface area contributed by atoms with Gasteiger partial charge in [0.2, 0.25) is 0 Å². The molecule has 1 unspecified atom stereocenters. The van der Waals surface area contributed by atoms with Crippen molar-refractivity contribution in [1.82, 2.24) is 4.90 Å². The molecule has 312 valence electrons. The molecule has 0 radical (unpaired) electrons. The lowest BCUT2D eigenvalue weighted by atomic mass is 9.91. The van der Waals surface area contributed by atoms with Crippen LogP contribution in [0.3, 0.4) is 0 Å². The van der Waals surface area contributed by atoms with Crippen molar-refractivity contribution in [3.05, 3.63) is 0 Å². The number of carbonyl (C=O) groups excluding carboxylic acids is 1. The van der Waals surface area contributed by atoms with E-state index in [1.165, 1.54) is 173 Å². The van der Waals surface area contributed by atoms with E-state index in [2.05, 4.69) is 25.7 Å². The highest BCUT2D eigenvalue weighted by Gasteiger charge is 2.19. The van der Waals surface area contributed by atoms with E-state index in [0.717, 1.165) is 71.0 Å². The Morgan fingerprint density at radius 3 is 1.27 bits per heavy atom. The van der Waals surface area contributed by atoms with Crippen molar-refractivity contribution < 1.29 is 19.7 Å². The average Bonchev–Trinajstić information content (AvgIpc) is 3.13. The molecule has 2 N–H and O–H groups in total. The summed E-state index contributed by atoms with van der Waals surface area (Å²) in [5.41, 5.74) is -0.481. The zero-order valence-electron chi connectivity index (χ0n) is 36.0. The van der Waals surface area contributed by atoms with Gasteiger partial charge in [-0.25, -0.2) is 0 Å². The Balaban J connectivity index is 4.07. The van der Waals surface area contributed by atoms with Crippen molar-refractivity contribution in [3.8, 4) is 0 Å². The summed E-state index contributed by atoms with van der Waals surface area (Å²) in [4.78, 5) is 15.3. The number of ether oxygens (including phenoxy) is 1. The van der Waals surface area contributed by atoms with Gasteiger partial charge in [-0.15, -0.1) is 0 Å². The summed E-state index contributed by atoms with van der Waals surface area (Å²) in [5.74, 6) is 0.0304. The minimum absolute atomic E-state index is 0.0304. The molecule has 0 aliphatic rings. The normalized spacial score (nSPS) is 13.0. The summed E-state index contributed by atoms with van der Waals surface area (Å²) in [5, 5.41) is 20.2. The first kappa shape index (κ1) is 51.4. The number of carbonyl (C=O) groups is 1. The number of aliphatic hydroxyl groups excluding tert-OH is 1. The Kier molecular flexibility index (Phi) is 39.5. The first-order chi connectivity index (χ1) is 25.4. The monoisotopic (exact) mass is 738 g/mol. The molecule has 0 fully saturated rings. The van der Waals surface area contributed by atoms with Crippen molar-refractivity contribution in [2.24, 2.45) is 0 Å². The van der Waals surface area contributed by atoms with Gasteiger partial charge in [0.25, 0.3) is 0 Å². The van der Waals surface area contributed by atoms with E-state index in [9.17, 15) is 15.0 Å². The van der Waals surface area contributed by atoms with Gasteiger partial charge < -0.3 is 19.8 Å². The van der Waals surface area contributed by atoms with Crippen LogP contribution in [0.15, 0.2) is 0 Å². The fraction of sp³-hybridized carbons (Fsp3) is 0.979. The molecule has 0 heterocycles. The smallest absolute Gasteiger partial charge is 0.306 e. The minimum atomic E-state index is -0.481. The second kappa shape index (κ2) is 40.0. The van der Waals surface area contributed by atoms with Crippen LogP contribution in [0.2, 0.25) is 0 Å². The molecule has 0 spiro atoms. The predicted molar refractivity (Wildman–Crippen MR) is 227 cm³/mol. The Morgan fingerprint density at radius 2 is 0.846 bits per heavy atom. The number of nitrogens with zero attached hydrogens (tertiary/aromatic N) is 1. The largest absolute Gasteiger partial charge is 0.462 e. The van der Waals surface area contributed by atoms with Crippen LogP contribution in [-0.4, -0.2) is 59.0 Å². The maximum Gasteiger partial charge on any atom is 0.306 e. The number of hydrogen-bond donors (Lipinski definition) is 2. The van der Waals surface area contributed by atoms with Gasteiger partial charge in [0, 0.05) is 19.6 Å². The van der Waals surface area contributed by atoms with Gasteiger partial charge in [0.1, 0.15) is 6.10 Å². The Hall–Kier alpha value is -0.650. The van der Waals surface area contributed by atoms with Crippen molar-refractivity contribution in [2.45, 2.75) is 271 Å². The topological polar surface area (TPSA) is 70.0 Å². The molecule has 0 aliphatic carbocycles. The Labute approximate surface area is 326 Å². The molecule has 0 saturated heterocycles. The lowest BCUT2D eigenvalue weighted by Gasteiger charge is -2.23. The summed E-state index contributed by atoms with van der Waals surface area (Å²) >= 11 is 0. The summed E-state index contributed by atoms with van der Waals surface area (Å²) in [6.45, 7) is 12.4. The number of esters is 1. The van der Waals surface area contributed by atoms with Gasteiger partial charge in [-0.05, 0) is 84.2 Å². The van der Waals surface area contributed by atoms with Gasteiger partial charge in [-0.1, -0.05) is 181 Å². The highest BCUT2D eigenvalue weighted by molar-refractivity contribution is 5.69. The van der Waals surface area contributed by atoms with Crippen molar-refractivity contribution in [2.75, 3.05) is 26.2 Å². The molecule has 0 saturated carbocycles. The van der Waals surface area contributed by atoms with Crippen LogP contribution in [0.5, 0.6) is 0 Å². The van der Waals surface area contributed by atoms with Crippen LogP contribution in [0, 0.1) is 0 Å². The first-order valence-electron chi connectivity index (χ1n) is 23.6. The molecular formula is C47H95NO4. The lowest BCUT2D eigenvalue weighted by Crippen LogP contribution is -2.27. The lowest BCUT2D eigenvalue weighted by molar-refractivity contribution is -0.150. The maximum atomic E-state index is 12.7. The zero-order chi connectivity index (χ0) is 38.2. The average molecular weight is 738 g/mol. The molecule has 5 heteroatoms. The highest BCUT2D eigenvalue weighted by atomic mass is 16.5. The molecular weight excluding hydrogens is 643 g/mol. The van der Waals surface area contributed by atoms with Gasteiger partial charge in [-0.2, -0.15) is 0 Å². The van der Waals surface area contributed by atoms with Crippen LogP contribution in [0.25, 0.3) is 0 Å². The standard InChI is InChI=1S/C47H95NO4/c1-5-8-11-14-17-24-31-39-47(4,51)40-32-25-18-19-26-33-41-48(43-35-44-49)42-34-27-20-23-30-38-46(50)52-45(36-28-21-15-12-9-6-2)37-29-22-16-13-10-7-3/h45,49,51H,5-44H2,1-4H3. The maximum absolute atomic E-state index is 12.7. The number of unbranched alkanes of at least 4 members (excludes halogenated alkanes) is 25. The van der Waals surface area contributed by atoms with E-state index in [0.29, 0.717) is 6.42 Å². The number of aliphatic hydroxyl groups is 2. The van der Waals surface area contributed by atoms with Crippen LogP contribution in [0.1, 0.15) is 259 Å². The third-order valence-corrected chi connectivity index (χ3v) is 11.3. The molecule has 0 bridgehead atoms. The second-order valence-corrected chi connectivity index (χ2v) is 16.9. The highest BCUT2D eigenvalue weighted by Crippen LogP contribution is 2.23. The minimum Gasteiger partial charge on any atom is -0.462 e. The zero-order valence-corrected chi connectivity index (χ0v) is 36.0. The fourth-order valence-electron chi connectivity index (χ4n) is 7.71. The molecule has 5 nitrogen and oxygen atoms in total. The molecule has 52 heavy (non-hydrogen) atoms. The Morgan fingerprint density at radius 1 is 0.500 bits per heavy atom. The van der Waals surface area contributed by atoms with Crippen LogP contribution >= 0.6 is 0 Å². The van der Waals surface area contributed by atoms with Gasteiger partial charge >= 0.3 is 5.97 Å². The van der Waals surface area contributed by atoms with Crippen molar-refractivity contribution in [1.29, 1.82) is 0 Å². The summed E-state index contributed by atoms with van der Waals surface area (Å²) < 4.78 is 6.04. The van der Waals surface area contributed by atoms with E-state index >= 15 is 0 Å². The third kappa shape index (κ3) is 37.7. The summed E-state index contributed by atoms with van der Waals surface area (Å²) in [6, 6.07) is 0. The molecule has 1 atom stereocenters. The Bertz CT molecular complexity index is 698. The number of rotatable bonds is 43. The molecule has 0 aromatic rings. The molecule has 0 aromatic carbocycles. The fourth-order valence-corrected chi connectivity index (χ4v) is 7.71. The van der Waals surface area contributed by atoms with E-state index in [1.807, 2.05) is 6.92 Å². The van der Waals surface area contributed by atoms with Crippen LogP contribution < -0.4 is 0 Å². The van der Waals surface area contributed by atoms with Crippen LogP contribution in [-0.2, 0) is 9.53 Å². The molecule has 0 amide bonds. The third-order valence-electron chi connectivity index (χ3n) is 11.3. The van der Waals surface area contributed by atoms with Gasteiger partial charge in [-0.3, -0.25) is 4.79 Å². The van der Waals surface area contributed by atoms with Crippen LogP contribution in [0.4, 0.5) is 0 Å². The quantitative estimate of drug-likeness (QED) is 0.0482. The summed E-state index contributed by atoms with van der Waals surface area (Å²) in [7, 11) is 0. The van der Waals surface area contributed by atoms with E-state index in [1.54, 1.807) is 0 Å². The van der Waals surface area contributed by atoms with E-state index in [4.69, 9.17) is 4.74 Å². The molecule has 0 aromatic heterocycles. The van der Waals surface area contributed by atoms with E-state index < -0.39 is 5.60 Å². The predicted octanol–water partition coefficient (Wildman–Crippen LogP) is 14.0. The molecule has 0 aliphatic heterocycles. The van der Waals surface area contributed by atoms with E-state index in [-0.39, 0.29) is 18.7 Å². The van der Waals surface area contributed by atoms with Crippen molar-refractivity contribution >= 4 is 5.97 Å². The van der Waals surface area contributed by atoms with Crippen molar-refractivity contribution in [3.63, 3.8) is 0 Å². The summed E-state index contributed by atoms with van der Waals surface area (Å²) in [6.07, 6.45) is 43.3. The SMILES string of the molecule is CCCCCCCCCC(C)(O)CCCCCCCCN(CCCO)CCCCCCCC(=O)OC(CCCCCCCC)CCCCCCCC. The molecule has 0 rings (SSSR count). The number of hydrogen-bond acceptors (Lipinski definition) is 5. The van der Waals surface area contributed by atoms with Gasteiger partial charge in [0.15, 0.2) is 0 Å². The first-order valence-corrected chi connectivity index (χ1v) is 23.6. The second-order valence-electron chi connectivity index (χ2n) is 16.9. The van der Waals surface area contributed by atoms with Gasteiger partial charge in [0.05, 0.1) is 5.60 Å².